The molecule has 1 saturated heterocycles. The highest BCUT2D eigenvalue weighted by molar-refractivity contribution is 6.33. The Morgan fingerprint density at radius 3 is 2.88 bits per heavy atom. The second-order valence-corrected chi connectivity index (χ2v) is 7.06. The number of rotatable bonds is 3. The summed E-state index contributed by atoms with van der Waals surface area (Å²) in [5.41, 5.74) is 0.233. The molecule has 2 N–H and O–H groups in total. The van der Waals surface area contributed by atoms with E-state index in [1.807, 2.05) is 16.8 Å². The fourth-order valence-electron chi connectivity index (χ4n) is 3.60. The van der Waals surface area contributed by atoms with E-state index in [1.165, 1.54) is 19.3 Å². The van der Waals surface area contributed by atoms with Crippen molar-refractivity contribution in [1.82, 2.24) is 20.4 Å². The molecule has 0 aromatic carbocycles. The SMILES string of the molecule is CN(C(=O)NC1CCN(c2cn[nH]c(=O)c2Cl)C1)C1CCCCC1. The lowest BCUT2D eigenvalue weighted by Gasteiger charge is -2.32. The summed E-state index contributed by atoms with van der Waals surface area (Å²) in [6.07, 6.45) is 8.24. The minimum absolute atomic E-state index is 0.0103. The first-order valence-electron chi connectivity index (χ1n) is 8.57. The molecule has 1 aromatic rings. The highest BCUT2D eigenvalue weighted by Gasteiger charge is 2.29. The third kappa shape index (κ3) is 3.66. The zero-order valence-corrected chi connectivity index (χ0v) is 14.7. The summed E-state index contributed by atoms with van der Waals surface area (Å²) in [7, 11) is 1.88. The number of urea groups is 1. The van der Waals surface area contributed by atoms with E-state index in [9.17, 15) is 9.59 Å². The molecule has 132 valence electrons. The maximum atomic E-state index is 12.5. The number of nitrogens with zero attached hydrogens (tertiary/aromatic N) is 3. The van der Waals surface area contributed by atoms with Crippen molar-refractivity contribution in [1.29, 1.82) is 0 Å². The summed E-state index contributed by atoms with van der Waals surface area (Å²) in [6.45, 7) is 1.37. The van der Waals surface area contributed by atoms with Crippen LogP contribution in [0.25, 0.3) is 0 Å². The molecule has 7 nitrogen and oxygen atoms in total. The highest BCUT2D eigenvalue weighted by atomic mass is 35.5. The van der Waals surface area contributed by atoms with Gasteiger partial charge in [0.2, 0.25) is 0 Å². The van der Waals surface area contributed by atoms with Gasteiger partial charge >= 0.3 is 6.03 Å². The Morgan fingerprint density at radius 1 is 1.38 bits per heavy atom. The lowest BCUT2D eigenvalue weighted by Crippen LogP contribution is -2.48. The summed E-state index contributed by atoms with van der Waals surface area (Å²) >= 11 is 6.06. The molecule has 2 heterocycles. The van der Waals surface area contributed by atoms with Crippen molar-refractivity contribution in [3.05, 3.63) is 21.6 Å². The third-order valence-corrected chi connectivity index (χ3v) is 5.44. The fraction of sp³-hybridized carbons (Fsp3) is 0.688. The van der Waals surface area contributed by atoms with Crippen LogP contribution in [0, 0.1) is 0 Å². The molecule has 1 unspecified atom stereocenters. The molecular weight excluding hydrogens is 330 g/mol. The number of aromatic nitrogens is 2. The van der Waals surface area contributed by atoms with Crippen LogP contribution in [0.2, 0.25) is 5.02 Å². The number of nitrogens with one attached hydrogen (secondary N) is 2. The van der Waals surface area contributed by atoms with Gasteiger partial charge in [-0.15, -0.1) is 0 Å². The molecular formula is C16H24ClN5O2. The average molecular weight is 354 g/mol. The number of hydrogen-bond acceptors (Lipinski definition) is 4. The number of halogens is 1. The number of carbonyl (C=O) groups is 1. The van der Waals surface area contributed by atoms with Crippen molar-refractivity contribution in [2.45, 2.75) is 50.6 Å². The van der Waals surface area contributed by atoms with Gasteiger partial charge in [0.15, 0.2) is 0 Å². The summed E-state index contributed by atoms with van der Waals surface area (Å²) in [4.78, 5) is 27.9. The normalized spacial score (nSPS) is 21.8. The van der Waals surface area contributed by atoms with E-state index >= 15 is 0 Å². The average Bonchev–Trinajstić information content (AvgIpc) is 3.05. The van der Waals surface area contributed by atoms with Crippen LogP contribution >= 0.6 is 11.6 Å². The van der Waals surface area contributed by atoms with Crippen LogP contribution in [-0.2, 0) is 0 Å². The van der Waals surface area contributed by atoms with Crippen molar-refractivity contribution < 1.29 is 4.79 Å². The van der Waals surface area contributed by atoms with E-state index in [4.69, 9.17) is 11.6 Å². The van der Waals surface area contributed by atoms with Crippen LogP contribution in [0.3, 0.4) is 0 Å². The first-order valence-corrected chi connectivity index (χ1v) is 8.95. The Morgan fingerprint density at radius 2 is 2.12 bits per heavy atom. The molecule has 2 fully saturated rings. The maximum Gasteiger partial charge on any atom is 0.317 e. The van der Waals surface area contributed by atoms with Gasteiger partial charge in [0.25, 0.3) is 5.56 Å². The molecule has 0 radical (unpaired) electrons. The minimum Gasteiger partial charge on any atom is -0.367 e. The molecule has 2 amide bonds. The molecule has 0 bridgehead atoms. The second kappa shape index (κ2) is 7.42. The molecule has 1 saturated carbocycles. The molecule has 0 spiro atoms. The summed E-state index contributed by atoms with van der Waals surface area (Å²) in [5.74, 6) is 0. The predicted molar refractivity (Wildman–Crippen MR) is 93.7 cm³/mol. The van der Waals surface area contributed by atoms with Gasteiger partial charge in [0.1, 0.15) is 5.02 Å². The smallest absolute Gasteiger partial charge is 0.317 e. The fourth-order valence-corrected chi connectivity index (χ4v) is 3.81. The van der Waals surface area contributed by atoms with Crippen molar-refractivity contribution in [2.24, 2.45) is 0 Å². The summed E-state index contributed by atoms with van der Waals surface area (Å²) < 4.78 is 0. The van der Waals surface area contributed by atoms with Gasteiger partial charge < -0.3 is 15.1 Å². The standard InChI is InChI=1S/C16H24ClN5O2/c1-21(12-5-3-2-4-6-12)16(24)19-11-7-8-22(10-11)13-9-18-20-15(23)14(13)17/h9,11-12H,2-8,10H2,1H3,(H,19,24)(H,20,23). The van der Waals surface area contributed by atoms with E-state index in [2.05, 4.69) is 15.5 Å². The Hall–Kier alpha value is -1.76. The van der Waals surface area contributed by atoms with Crippen LogP contribution in [0.4, 0.5) is 10.5 Å². The van der Waals surface area contributed by atoms with Gasteiger partial charge in [-0.3, -0.25) is 4.79 Å². The van der Waals surface area contributed by atoms with Crippen molar-refractivity contribution in [3.63, 3.8) is 0 Å². The largest absolute Gasteiger partial charge is 0.367 e. The summed E-state index contributed by atoms with van der Waals surface area (Å²) in [6, 6.07) is 0.394. The third-order valence-electron chi connectivity index (χ3n) is 5.08. The molecule has 3 rings (SSSR count). The number of aromatic amines is 1. The van der Waals surface area contributed by atoms with Crippen LogP contribution in [-0.4, -0.2) is 53.3 Å². The lowest BCUT2D eigenvalue weighted by molar-refractivity contribution is 0.171. The van der Waals surface area contributed by atoms with Crippen molar-refractivity contribution >= 4 is 23.3 Å². The molecule has 1 aromatic heterocycles. The van der Waals surface area contributed by atoms with Crippen molar-refractivity contribution in [2.75, 3.05) is 25.0 Å². The molecule has 1 aliphatic heterocycles. The van der Waals surface area contributed by atoms with Crippen LogP contribution < -0.4 is 15.8 Å². The van der Waals surface area contributed by atoms with E-state index in [0.29, 0.717) is 18.3 Å². The summed E-state index contributed by atoms with van der Waals surface area (Å²) in [5, 5.41) is 9.38. The van der Waals surface area contributed by atoms with Crippen molar-refractivity contribution in [3.8, 4) is 0 Å². The minimum atomic E-state index is -0.390. The van der Waals surface area contributed by atoms with Crippen LogP contribution in [0.15, 0.2) is 11.0 Å². The highest BCUT2D eigenvalue weighted by Crippen LogP contribution is 2.25. The Balaban J connectivity index is 1.56. The zero-order chi connectivity index (χ0) is 17.1. The number of H-pyrrole nitrogens is 1. The van der Waals surface area contributed by atoms with E-state index in [-0.39, 0.29) is 17.1 Å². The van der Waals surface area contributed by atoms with Gasteiger partial charge in [-0.05, 0) is 19.3 Å². The number of carbonyl (C=O) groups excluding carboxylic acids is 1. The molecule has 2 aliphatic rings. The van der Waals surface area contributed by atoms with E-state index in [0.717, 1.165) is 25.8 Å². The first-order chi connectivity index (χ1) is 11.6. The Kier molecular flexibility index (Phi) is 5.28. The predicted octanol–water partition coefficient (Wildman–Crippen LogP) is 1.98. The molecule has 8 heteroatoms. The Labute approximate surface area is 146 Å². The number of anilines is 1. The molecule has 1 atom stereocenters. The monoisotopic (exact) mass is 353 g/mol. The van der Waals surface area contributed by atoms with Crippen LogP contribution in [0.5, 0.6) is 0 Å². The van der Waals surface area contributed by atoms with E-state index in [1.54, 1.807) is 6.20 Å². The number of hydrogen-bond donors (Lipinski definition) is 2. The topological polar surface area (TPSA) is 81.3 Å². The molecule has 1 aliphatic carbocycles. The van der Waals surface area contributed by atoms with Crippen LogP contribution in [0.1, 0.15) is 38.5 Å². The van der Waals surface area contributed by atoms with Gasteiger partial charge in [-0.1, -0.05) is 30.9 Å². The Bertz CT molecular complexity index is 644. The number of amides is 2. The second-order valence-electron chi connectivity index (χ2n) is 6.68. The lowest BCUT2D eigenvalue weighted by atomic mass is 9.95. The van der Waals surface area contributed by atoms with Gasteiger partial charge in [0.05, 0.1) is 11.9 Å². The van der Waals surface area contributed by atoms with E-state index < -0.39 is 5.56 Å². The van der Waals surface area contributed by atoms with Gasteiger partial charge in [-0.25, -0.2) is 9.89 Å². The maximum absolute atomic E-state index is 12.5. The van der Waals surface area contributed by atoms with Gasteiger partial charge in [0, 0.05) is 32.2 Å². The molecule has 24 heavy (non-hydrogen) atoms. The zero-order valence-electron chi connectivity index (χ0n) is 13.9. The first kappa shape index (κ1) is 17.1. The van der Waals surface area contributed by atoms with Gasteiger partial charge in [-0.2, -0.15) is 5.10 Å². The quantitative estimate of drug-likeness (QED) is 0.870.